The van der Waals surface area contributed by atoms with E-state index in [1.165, 1.54) is 6.92 Å². The van der Waals surface area contributed by atoms with Gasteiger partial charge in [-0.3, -0.25) is 14.4 Å². The molecule has 0 aromatic carbocycles. The van der Waals surface area contributed by atoms with Gasteiger partial charge < -0.3 is 18.9 Å². The minimum atomic E-state index is -0.780. The van der Waals surface area contributed by atoms with Crippen LogP contribution in [0.1, 0.15) is 46.5 Å². The van der Waals surface area contributed by atoms with Gasteiger partial charge in [-0.1, -0.05) is 0 Å². The maximum atomic E-state index is 13.5. The molecule has 7 atom stereocenters. The number of ketones is 1. The van der Waals surface area contributed by atoms with Gasteiger partial charge in [0.05, 0.1) is 25.2 Å². The Balaban J connectivity index is 1.74. The second kappa shape index (κ2) is 7.10. The third-order valence-electron chi connectivity index (χ3n) is 7.58. The van der Waals surface area contributed by atoms with Crippen molar-refractivity contribution in [3.63, 3.8) is 0 Å². The lowest BCUT2D eigenvalue weighted by molar-refractivity contribution is -0.183. The summed E-state index contributed by atoms with van der Waals surface area (Å²) in [4.78, 5) is 38.3. The first-order chi connectivity index (χ1) is 13.4. The summed E-state index contributed by atoms with van der Waals surface area (Å²) in [6, 6.07) is 0. The Morgan fingerprint density at radius 3 is 2.64 bits per heavy atom. The van der Waals surface area contributed by atoms with E-state index in [-0.39, 0.29) is 48.3 Å². The SMILES string of the molecule is CCOC(=O)[C@@]12C[C@]3(COC(OCC)C3)[C@@H]3C(=O)[C@@H](CC[C@@H]31)[C@@H]2COC(C)=O. The second-order valence-electron chi connectivity index (χ2n) is 8.78. The number of esters is 2. The Hall–Kier alpha value is -1.47. The molecule has 4 saturated carbocycles. The van der Waals surface area contributed by atoms with E-state index in [0.717, 1.165) is 12.8 Å². The van der Waals surface area contributed by atoms with Crippen LogP contribution in [0.5, 0.6) is 0 Å². The molecule has 1 spiro atoms. The molecule has 28 heavy (non-hydrogen) atoms. The molecule has 7 heteroatoms. The van der Waals surface area contributed by atoms with Gasteiger partial charge in [0.1, 0.15) is 5.78 Å². The summed E-state index contributed by atoms with van der Waals surface area (Å²) < 4.78 is 22.5. The number of hydrogen-bond acceptors (Lipinski definition) is 7. The van der Waals surface area contributed by atoms with Gasteiger partial charge in [-0.05, 0) is 39.0 Å². The lowest BCUT2D eigenvalue weighted by Gasteiger charge is -2.52. The van der Waals surface area contributed by atoms with E-state index >= 15 is 0 Å². The summed E-state index contributed by atoms with van der Waals surface area (Å²) >= 11 is 0. The predicted octanol–water partition coefficient (Wildman–Crippen LogP) is 2.11. The van der Waals surface area contributed by atoms with Gasteiger partial charge in [0, 0.05) is 43.1 Å². The highest BCUT2D eigenvalue weighted by molar-refractivity contribution is 5.93. The molecule has 4 bridgehead atoms. The zero-order valence-corrected chi connectivity index (χ0v) is 16.9. The molecule has 1 saturated heterocycles. The molecule has 1 heterocycles. The largest absolute Gasteiger partial charge is 0.466 e. The summed E-state index contributed by atoms with van der Waals surface area (Å²) in [5.41, 5.74) is -1.17. The molecule has 0 aromatic heterocycles. The number of carbonyl (C=O) groups is 3. The van der Waals surface area contributed by atoms with Crippen molar-refractivity contribution in [2.24, 2.45) is 34.5 Å². The molecular formula is C21H30O7. The van der Waals surface area contributed by atoms with Crippen molar-refractivity contribution in [1.82, 2.24) is 0 Å². The Labute approximate surface area is 165 Å². The van der Waals surface area contributed by atoms with Crippen LogP contribution in [0.25, 0.3) is 0 Å². The van der Waals surface area contributed by atoms with Crippen molar-refractivity contribution < 1.29 is 33.3 Å². The molecule has 1 aliphatic heterocycles. The molecule has 0 aromatic rings. The summed E-state index contributed by atoms with van der Waals surface area (Å²) in [6.45, 7) is 6.44. The Bertz CT molecular complexity index is 676. The van der Waals surface area contributed by atoms with E-state index in [0.29, 0.717) is 32.7 Å². The van der Waals surface area contributed by atoms with E-state index in [9.17, 15) is 14.4 Å². The lowest BCUT2D eigenvalue weighted by atomic mass is 9.50. The Kier molecular flexibility index (Phi) is 5.02. The predicted molar refractivity (Wildman–Crippen MR) is 96.9 cm³/mol. The van der Waals surface area contributed by atoms with Gasteiger partial charge in [0.15, 0.2) is 6.29 Å². The molecule has 4 aliphatic carbocycles. The number of fused-ring (bicyclic) bond motifs is 1. The number of Topliss-reactive ketones (excluding diaryl/α,β-unsaturated/α-hetero) is 1. The molecular weight excluding hydrogens is 364 g/mol. The van der Waals surface area contributed by atoms with E-state index in [1.54, 1.807) is 6.92 Å². The summed E-state index contributed by atoms with van der Waals surface area (Å²) in [5, 5.41) is 0. The van der Waals surface area contributed by atoms with Gasteiger partial charge in [-0.25, -0.2) is 0 Å². The zero-order valence-electron chi connectivity index (χ0n) is 16.9. The smallest absolute Gasteiger partial charge is 0.312 e. The first kappa shape index (κ1) is 19.8. The van der Waals surface area contributed by atoms with Crippen molar-refractivity contribution in [3.05, 3.63) is 0 Å². The van der Waals surface area contributed by atoms with Crippen molar-refractivity contribution in [3.8, 4) is 0 Å². The fourth-order valence-corrected chi connectivity index (χ4v) is 6.82. The maximum Gasteiger partial charge on any atom is 0.312 e. The van der Waals surface area contributed by atoms with Gasteiger partial charge in [0.25, 0.3) is 0 Å². The fourth-order valence-electron chi connectivity index (χ4n) is 6.82. The minimum absolute atomic E-state index is 0.0754. The zero-order chi connectivity index (χ0) is 20.1. The van der Waals surface area contributed by atoms with Gasteiger partial charge in [0.2, 0.25) is 0 Å². The summed E-state index contributed by atoms with van der Waals surface area (Å²) in [6.07, 6.45) is 2.42. The molecule has 0 N–H and O–H groups in total. The molecule has 0 amide bonds. The van der Waals surface area contributed by atoms with Gasteiger partial charge >= 0.3 is 11.9 Å². The molecule has 5 aliphatic rings. The second-order valence-corrected chi connectivity index (χ2v) is 8.78. The fraction of sp³-hybridized carbons (Fsp3) is 0.857. The third kappa shape index (κ3) is 2.65. The number of carbonyl (C=O) groups excluding carboxylic acids is 3. The highest BCUT2D eigenvalue weighted by Gasteiger charge is 2.77. The molecule has 156 valence electrons. The van der Waals surface area contributed by atoms with Crippen LogP contribution in [0.4, 0.5) is 0 Å². The van der Waals surface area contributed by atoms with Crippen molar-refractivity contribution in [1.29, 1.82) is 0 Å². The highest BCUT2D eigenvalue weighted by atomic mass is 16.7. The van der Waals surface area contributed by atoms with Crippen LogP contribution in [-0.4, -0.2) is 50.4 Å². The number of ether oxygens (including phenoxy) is 4. The van der Waals surface area contributed by atoms with Crippen molar-refractivity contribution in [2.45, 2.75) is 52.7 Å². The van der Waals surface area contributed by atoms with E-state index in [4.69, 9.17) is 18.9 Å². The topological polar surface area (TPSA) is 88.1 Å². The van der Waals surface area contributed by atoms with Gasteiger partial charge in [-0.2, -0.15) is 0 Å². The molecule has 7 nitrogen and oxygen atoms in total. The molecule has 1 unspecified atom stereocenters. The monoisotopic (exact) mass is 394 g/mol. The van der Waals surface area contributed by atoms with Crippen LogP contribution in [0.3, 0.4) is 0 Å². The molecule has 5 rings (SSSR count). The standard InChI is InChI=1S/C21H30O7/c1-4-25-16-8-20(11-28-16)10-21(19(24)26-5-2)14-7-6-13(18(23)17(14)20)15(21)9-27-12(3)22/h13-17H,4-11H2,1-3H3/t13-,14-,15-,16?,17-,20+,21-/m0/s1. The van der Waals surface area contributed by atoms with Crippen LogP contribution in [0.2, 0.25) is 0 Å². The maximum absolute atomic E-state index is 13.5. The number of rotatable bonds is 6. The molecule has 0 radical (unpaired) electrons. The summed E-state index contributed by atoms with van der Waals surface area (Å²) in [7, 11) is 0. The van der Waals surface area contributed by atoms with E-state index in [1.807, 2.05) is 6.92 Å². The van der Waals surface area contributed by atoms with Crippen LogP contribution >= 0.6 is 0 Å². The van der Waals surface area contributed by atoms with Crippen LogP contribution in [-0.2, 0) is 33.3 Å². The van der Waals surface area contributed by atoms with Crippen LogP contribution < -0.4 is 0 Å². The van der Waals surface area contributed by atoms with E-state index in [2.05, 4.69) is 0 Å². The lowest BCUT2D eigenvalue weighted by Crippen LogP contribution is -2.59. The third-order valence-corrected chi connectivity index (χ3v) is 7.58. The first-order valence-electron chi connectivity index (χ1n) is 10.5. The average molecular weight is 394 g/mol. The van der Waals surface area contributed by atoms with Crippen molar-refractivity contribution >= 4 is 17.7 Å². The van der Waals surface area contributed by atoms with E-state index < -0.39 is 16.8 Å². The minimum Gasteiger partial charge on any atom is -0.466 e. The quantitative estimate of drug-likeness (QED) is 0.638. The Morgan fingerprint density at radius 2 is 1.96 bits per heavy atom. The normalized spacial score (nSPS) is 43.5. The summed E-state index contributed by atoms with van der Waals surface area (Å²) in [5.74, 6) is -1.27. The highest BCUT2D eigenvalue weighted by Crippen LogP contribution is 2.72. The number of hydrogen-bond donors (Lipinski definition) is 0. The van der Waals surface area contributed by atoms with Crippen LogP contribution in [0, 0.1) is 34.5 Å². The van der Waals surface area contributed by atoms with Crippen molar-refractivity contribution in [2.75, 3.05) is 26.4 Å². The Morgan fingerprint density at radius 1 is 1.18 bits per heavy atom. The first-order valence-corrected chi connectivity index (χ1v) is 10.5. The molecule has 5 fully saturated rings. The van der Waals surface area contributed by atoms with Gasteiger partial charge in [-0.15, -0.1) is 0 Å². The van der Waals surface area contributed by atoms with Crippen LogP contribution in [0.15, 0.2) is 0 Å². The average Bonchev–Trinajstić information content (AvgIpc) is 3.16.